The minimum atomic E-state index is -0.376. The summed E-state index contributed by atoms with van der Waals surface area (Å²) in [5, 5.41) is 8.28. The van der Waals surface area contributed by atoms with Crippen LogP contribution in [0.4, 0.5) is 0 Å². The summed E-state index contributed by atoms with van der Waals surface area (Å²) in [6, 6.07) is 9.50. The molecule has 5 nitrogen and oxygen atoms in total. The summed E-state index contributed by atoms with van der Waals surface area (Å²) in [6.45, 7) is 0. The topological polar surface area (TPSA) is 57.0 Å². The summed E-state index contributed by atoms with van der Waals surface area (Å²) < 4.78 is 5.47. The van der Waals surface area contributed by atoms with Gasteiger partial charge in [-0.2, -0.15) is 9.90 Å². The molecule has 0 bridgehead atoms. The normalized spacial score (nSPS) is 16.0. The van der Waals surface area contributed by atoms with Gasteiger partial charge in [0.1, 0.15) is 6.10 Å². The molecule has 104 valence electrons. The minimum Gasteiger partial charge on any atom is -0.458 e. The first kappa shape index (κ1) is 12.8. The number of esters is 1. The highest BCUT2D eigenvalue weighted by Gasteiger charge is 2.20. The molecule has 0 spiro atoms. The predicted molar refractivity (Wildman–Crippen MR) is 73.6 cm³/mol. The maximum atomic E-state index is 12.0. The Balaban J connectivity index is 1.68. The number of hydrogen-bond donors (Lipinski definition) is 0. The average Bonchev–Trinajstić information content (AvgIpc) is 2.99. The molecular formula is C15H17N3O2. The van der Waals surface area contributed by atoms with Crippen LogP contribution in [0.1, 0.15) is 42.6 Å². The van der Waals surface area contributed by atoms with Gasteiger partial charge in [0, 0.05) is 0 Å². The van der Waals surface area contributed by atoms with E-state index < -0.39 is 0 Å². The summed E-state index contributed by atoms with van der Waals surface area (Å²) in [6.07, 6.45) is 6.91. The van der Waals surface area contributed by atoms with Crippen LogP contribution in [0.5, 0.6) is 0 Å². The fraction of sp³-hybridized carbons (Fsp3) is 0.400. The van der Waals surface area contributed by atoms with Crippen LogP contribution in [0.25, 0.3) is 5.69 Å². The molecular weight excluding hydrogens is 254 g/mol. The maximum Gasteiger partial charge on any atom is 0.360 e. The highest BCUT2D eigenvalue weighted by Crippen LogP contribution is 2.21. The Hall–Kier alpha value is -2.17. The zero-order valence-corrected chi connectivity index (χ0v) is 11.2. The van der Waals surface area contributed by atoms with Crippen LogP contribution < -0.4 is 0 Å². The first-order chi connectivity index (χ1) is 9.83. The van der Waals surface area contributed by atoms with E-state index in [2.05, 4.69) is 10.2 Å². The second-order valence-corrected chi connectivity index (χ2v) is 5.02. The third-order valence-corrected chi connectivity index (χ3v) is 3.51. The molecule has 5 heteroatoms. The van der Waals surface area contributed by atoms with Gasteiger partial charge in [0.05, 0.1) is 11.9 Å². The van der Waals surface area contributed by atoms with Gasteiger partial charge in [-0.25, -0.2) is 4.79 Å². The van der Waals surface area contributed by atoms with Gasteiger partial charge in [0.25, 0.3) is 0 Å². The molecule has 1 heterocycles. The number of hydrogen-bond acceptors (Lipinski definition) is 4. The molecule has 1 aromatic heterocycles. The Labute approximate surface area is 117 Å². The molecule has 1 aliphatic carbocycles. The van der Waals surface area contributed by atoms with E-state index in [0.717, 1.165) is 31.4 Å². The molecule has 0 N–H and O–H groups in total. The third kappa shape index (κ3) is 2.87. The van der Waals surface area contributed by atoms with Crippen molar-refractivity contribution in [3.8, 4) is 5.69 Å². The molecule has 2 aromatic rings. The standard InChI is InChI=1S/C15H17N3O2/c19-15(20-13-9-5-2-6-10-13)14-11-16-18(17-14)12-7-3-1-4-8-12/h1,3-4,7-8,11,13H,2,5-6,9-10H2. The summed E-state index contributed by atoms with van der Waals surface area (Å²) in [5.41, 5.74) is 1.09. The molecule has 1 fully saturated rings. The van der Waals surface area contributed by atoms with Gasteiger partial charge < -0.3 is 4.74 Å². The molecule has 0 unspecified atom stereocenters. The van der Waals surface area contributed by atoms with E-state index in [0.29, 0.717) is 0 Å². The number of ether oxygens (including phenoxy) is 1. The first-order valence-corrected chi connectivity index (χ1v) is 7.02. The number of aromatic nitrogens is 3. The maximum absolute atomic E-state index is 12.0. The molecule has 0 saturated heterocycles. The monoisotopic (exact) mass is 271 g/mol. The summed E-state index contributed by atoms with van der Waals surface area (Å²) >= 11 is 0. The van der Waals surface area contributed by atoms with Crippen LogP contribution >= 0.6 is 0 Å². The molecule has 0 amide bonds. The molecule has 1 aromatic carbocycles. The fourth-order valence-electron chi connectivity index (χ4n) is 2.44. The van der Waals surface area contributed by atoms with Gasteiger partial charge in [-0.1, -0.05) is 24.6 Å². The number of rotatable bonds is 3. The van der Waals surface area contributed by atoms with Crippen LogP contribution in [0.3, 0.4) is 0 Å². The zero-order chi connectivity index (χ0) is 13.8. The van der Waals surface area contributed by atoms with Crippen molar-refractivity contribution in [1.82, 2.24) is 15.0 Å². The van der Waals surface area contributed by atoms with E-state index in [1.54, 1.807) is 0 Å². The van der Waals surface area contributed by atoms with Gasteiger partial charge in [-0.05, 0) is 37.8 Å². The average molecular weight is 271 g/mol. The van der Waals surface area contributed by atoms with Crippen LogP contribution in [-0.4, -0.2) is 27.1 Å². The Morgan fingerprint density at radius 1 is 1.15 bits per heavy atom. The van der Waals surface area contributed by atoms with Gasteiger partial charge >= 0.3 is 5.97 Å². The minimum absolute atomic E-state index is 0.0399. The van der Waals surface area contributed by atoms with Crippen molar-refractivity contribution < 1.29 is 9.53 Å². The highest BCUT2D eigenvalue weighted by molar-refractivity contribution is 5.86. The van der Waals surface area contributed by atoms with Gasteiger partial charge in [0.15, 0.2) is 5.69 Å². The van der Waals surface area contributed by atoms with Crippen LogP contribution in [-0.2, 0) is 4.74 Å². The number of carbonyl (C=O) groups excluding carboxylic acids is 1. The lowest BCUT2D eigenvalue weighted by Gasteiger charge is -2.21. The van der Waals surface area contributed by atoms with Gasteiger partial charge in [-0.3, -0.25) is 0 Å². The zero-order valence-electron chi connectivity index (χ0n) is 11.2. The van der Waals surface area contributed by atoms with Crippen LogP contribution in [0.15, 0.2) is 36.5 Å². The SMILES string of the molecule is O=C(OC1CCCCC1)c1cnn(-c2ccccc2)n1. The Morgan fingerprint density at radius 3 is 2.65 bits per heavy atom. The van der Waals surface area contributed by atoms with E-state index >= 15 is 0 Å². The van der Waals surface area contributed by atoms with Gasteiger partial charge in [0.2, 0.25) is 0 Å². The van der Waals surface area contributed by atoms with E-state index in [9.17, 15) is 4.79 Å². The van der Waals surface area contributed by atoms with Crippen molar-refractivity contribution in [2.75, 3.05) is 0 Å². The van der Waals surface area contributed by atoms with E-state index in [1.807, 2.05) is 30.3 Å². The molecule has 20 heavy (non-hydrogen) atoms. The van der Waals surface area contributed by atoms with Crippen molar-refractivity contribution in [3.05, 3.63) is 42.2 Å². The number of carbonyl (C=O) groups is 1. The molecule has 1 saturated carbocycles. The van der Waals surface area contributed by atoms with Crippen molar-refractivity contribution >= 4 is 5.97 Å². The van der Waals surface area contributed by atoms with E-state index in [1.165, 1.54) is 17.4 Å². The fourth-order valence-corrected chi connectivity index (χ4v) is 2.44. The smallest absolute Gasteiger partial charge is 0.360 e. The molecule has 0 aliphatic heterocycles. The van der Waals surface area contributed by atoms with E-state index in [-0.39, 0.29) is 17.8 Å². The number of para-hydroxylation sites is 1. The lowest BCUT2D eigenvalue weighted by Crippen LogP contribution is -2.21. The largest absolute Gasteiger partial charge is 0.458 e. The predicted octanol–water partition coefficient (Wildman–Crippen LogP) is 2.76. The first-order valence-electron chi connectivity index (χ1n) is 7.02. The quantitative estimate of drug-likeness (QED) is 0.805. The van der Waals surface area contributed by atoms with Crippen molar-refractivity contribution in [3.63, 3.8) is 0 Å². The second kappa shape index (κ2) is 5.86. The lowest BCUT2D eigenvalue weighted by molar-refractivity contribution is 0.0204. The molecule has 1 aliphatic rings. The Kier molecular flexibility index (Phi) is 3.76. The Morgan fingerprint density at radius 2 is 1.90 bits per heavy atom. The second-order valence-electron chi connectivity index (χ2n) is 5.02. The van der Waals surface area contributed by atoms with Crippen molar-refractivity contribution in [1.29, 1.82) is 0 Å². The van der Waals surface area contributed by atoms with Gasteiger partial charge in [-0.15, -0.1) is 5.10 Å². The van der Waals surface area contributed by atoms with Crippen molar-refractivity contribution in [2.45, 2.75) is 38.2 Å². The molecule has 0 radical (unpaired) electrons. The summed E-state index contributed by atoms with van der Waals surface area (Å²) in [7, 11) is 0. The third-order valence-electron chi connectivity index (χ3n) is 3.51. The lowest BCUT2D eigenvalue weighted by atomic mass is 9.98. The van der Waals surface area contributed by atoms with Crippen molar-refractivity contribution in [2.24, 2.45) is 0 Å². The van der Waals surface area contributed by atoms with Crippen LogP contribution in [0.2, 0.25) is 0 Å². The molecule has 3 rings (SSSR count). The van der Waals surface area contributed by atoms with E-state index in [4.69, 9.17) is 4.74 Å². The highest BCUT2D eigenvalue weighted by atomic mass is 16.5. The molecule has 0 atom stereocenters. The number of benzene rings is 1. The summed E-state index contributed by atoms with van der Waals surface area (Å²) in [4.78, 5) is 13.5. The summed E-state index contributed by atoms with van der Waals surface area (Å²) in [5.74, 6) is -0.376. The van der Waals surface area contributed by atoms with Crippen LogP contribution in [0, 0.1) is 0 Å². The Bertz CT molecular complexity index is 574. The number of nitrogens with zero attached hydrogens (tertiary/aromatic N) is 3.